The van der Waals surface area contributed by atoms with Gasteiger partial charge >= 0.3 is 5.97 Å². The summed E-state index contributed by atoms with van der Waals surface area (Å²) in [5.41, 5.74) is 8.10. The molecule has 0 radical (unpaired) electrons. The SMILES string of the molecule is CC(C)c1nc(Cc2ccc(N)cc2)sc1C(=O)O. The van der Waals surface area contributed by atoms with Crippen LogP contribution in [0.15, 0.2) is 24.3 Å². The third-order valence-electron chi connectivity index (χ3n) is 2.77. The van der Waals surface area contributed by atoms with Gasteiger partial charge in [-0.05, 0) is 23.6 Å². The maximum absolute atomic E-state index is 11.2. The number of rotatable bonds is 4. The number of aromatic nitrogens is 1. The molecule has 0 unspecified atom stereocenters. The van der Waals surface area contributed by atoms with E-state index in [0.717, 1.165) is 16.3 Å². The average Bonchev–Trinajstić information content (AvgIpc) is 2.76. The van der Waals surface area contributed by atoms with Gasteiger partial charge in [-0.15, -0.1) is 11.3 Å². The molecule has 0 aliphatic rings. The van der Waals surface area contributed by atoms with Crippen LogP contribution < -0.4 is 5.73 Å². The lowest BCUT2D eigenvalue weighted by molar-refractivity contribution is 0.0700. The number of carbonyl (C=O) groups is 1. The molecule has 100 valence electrons. The van der Waals surface area contributed by atoms with E-state index >= 15 is 0 Å². The van der Waals surface area contributed by atoms with Crippen LogP contribution in [0.5, 0.6) is 0 Å². The normalized spacial score (nSPS) is 10.9. The topological polar surface area (TPSA) is 76.2 Å². The van der Waals surface area contributed by atoms with Crippen molar-refractivity contribution in [1.29, 1.82) is 0 Å². The third kappa shape index (κ3) is 3.12. The Bertz CT molecular complexity index is 588. The predicted molar refractivity (Wildman–Crippen MR) is 76.8 cm³/mol. The summed E-state index contributed by atoms with van der Waals surface area (Å²) < 4.78 is 0. The quantitative estimate of drug-likeness (QED) is 0.841. The number of hydrogen-bond donors (Lipinski definition) is 2. The van der Waals surface area contributed by atoms with E-state index < -0.39 is 5.97 Å². The highest BCUT2D eigenvalue weighted by atomic mass is 32.1. The first-order valence-corrected chi connectivity index (χ1v) is 6.86. The molecule has 0 atom stereocenters. The zero-order valence-corrected chi connectivity index (χ0v) is 11.7. The van der Waals surface area contributed by atoms with Gasteiger partial charge in [0.2, 0.25) is 0 Å². The van der Waals surface area contributed by atoms with Gasteiger partial charge in [0.1, 0.15) is 4.88 Å². The summed E-state index contributed by atoms with van der Waals surface area (Å²) in [5.74, 6) is -0.785. The molecule has 0 spiro atoms. The molecule has 0 amide bonds. The van der Waals surface area contributed by atoms with Crippen LogP contribution in [0.25, 0.3) is 0 Å². The van der Waals surface area contributed by atoms with Crippen LogP contribution in [0.3, 0.4) is 0 Å². The standard InChI is InChI=1S/C14H16N2O2S/c1-8(2)12-13(14(17)18)19-11(16-12)7-9-3-5-10(15)6-4-9/h3-6,8H,7,15H2,1-2H3,(H,17,18). The van der Waals surface area contributed by atoms with E-state index in [1.54, 1.807) is 0 Å². The summed E-state index contributed by atoms with van der Waals surface area (Å²) in [5, 5.41) is 10.0. The molecule has 5 heteroatoms. The van der Waals surface area contributed by atoms with E-state index in [4.69, 9.17) is 5.73 Å². The first-order chi connectivity index (χ1) is 8.97. The van der Waals surface area contributed by atoms with Gasteiger partial charge in [-0.2, -0.15) is 0 Å². The lowest BCUT2D eigenvalue weighted by atomic mass is 10.1. The van der Waals surface area contributed by atoms with E-state index in [1.165, 1.54) is 11.3 Å². The van der Waals surface area contributed by atoms with Gasteiger partial charge in [-0.1, -0.05) is 26.0 Å². The zero-order valence-electron chi connectivity index (χ0n) is 10.9. The van der Waals surface area contributed by atoms with E-state index in [0.29, 0.717) is 17.0 Å². The van der Waals surface area contributed by atoms with Crippen LogP contribution in [0.2, 0.25) is 0 Å². The first-order valence-electron chi connectivity index (χ1n) is 6.04. The number of hydrogen-bond acceptors (Lipinski definition) is 4. The molecule has 3 N–H and O–H groups in total. The summed E-state index contributed by atoms with van der Waals surface area (Å²) in [6.07, 6.45) is 0.637. The second-order valence-electron chi connectivity index (χ2n) is 4.70. The fraction of sp³-hybridized carbons (Fsp3) is 0.286. The minimum atomic E-state index is -0.898. The molecule has 0 saturated heterocycles. The number of nitrogen functional groups attached to an aromatic ring is 1. The van der Waals surface area contributed by atoms with Gasteiger partial charge in [-0.25, -0.2) is 9.78 Å². The molecule has 2 aromatic rings. The van der Waals surface area contributed by atoms with E-state index in [2.05, 4.69) is 4.98 Å². The number of nitrogens with zero attached hydrogens (tertiary/aromatic N) is 1. The largest absolute Gasteiger partial charge is 0.477 e. The number of aromatic carboxylic acids is 1. The maximum atomic E-state index is 11.2. The lowest BCUT2D eigenvalue weighted by Crippen LogP contribution is -2.00. The van der Waals surface area contributed by atoms with Gasteiger partial charge in [0.25, 0.3) is 0 Å². The van der Waals surface area contributed by atoms with Crippen LogP contribution >= 0.6 is 11.3 Å². The molecule has 0 fully saturated rings. The van der Waals surface area contributed by atoms with Crippen molar-refractivity contribution < 1.29 is 9.90 Å². The number of thiazole rings is 1. The van der Waals surface area contributed by atoms with Crippen molar-refractivity contribution in [2.75, 3.05) is 5.73 Å². The van der Waals surface area contributed by atoms with Gasteiger partial charge in [0, 0.05) is 12.1 Å². The molecule has 4 nitrogen and oxygen atoms in total. The highest BCUT2D eigenvalue weighted by Gasteiger charge is 2.19. The molecule has 1 aromatic heterocycles. The Morgan fingerprint density at radius 3 is 2.47 bits per heavy atom. The lowest BCUT2D eigenvalue weighted by Gasteiger charge is -2.00. The Kier molecular flexibility index (Phi) is 3.85. The van der Waals surface area contributed by atoms with Crippen LogP contribution in [0.1, 0.15) is 45.7 Å². The van der Waals surface area contributed by atoms with Crippen molar-refractivity contribution in [3.8, 4) is 0 Å². The highest BCUT2D eigenvalue weighted by molar-refractivity contribution is 7.13. The summed E-state index contributed by atoms with van der Waals surface area (Å²) >= 11 is 1.25. The fourth-order valence-corrected chi connectivity index (χ4v) is 2.90. The zero-order chi connectivity index (χ0) is 14.0. The Hall–Kier alpha value is -1.88. The summed E-state index contributed by atoms with van der Waals surface area (Å²) in [6, 6.07) is 7.55. The van der Waals surface area contributed by atoms with Gasteiger partial charge in [0.15, 0.2) is 0 Å². The summed E-state index contributed by atoms with van der Waals surface area (Å²) in [6.45, 7) is 3.91. The van der Waals surface area contributed by atoms with Crippen LogP contribution in [-0.2, 0) is 6.42 Å². The second-order valence-corrected chi connectivity index (χ2v) is 5.78. The van der Waals surface area contributed by atoms with Crippen molar-refractivity contribution in [3.05, 3.63) is 45.4 Å². The minimum absolute atomic E-state index is 0.113. The minimum Gasteiger partial charge on any atom is -0.477 e. The second kappa shape index (κ2) is 5.40. The van der Waals surface area contributed by atoms with Crippen molar-refractivity contribution in [1.82, 2.24) is 4.98 Å². The molecule has 0 aliphatic carbocycles. The molecular formula is C14H16N2O2S. The van der Waals surface area contributed by atoms with Gasteiger partial charge < -0.3 is 10.8 Å². The van der Waals surface area contributed by atoms with Gasteiger partial charge in [0.05, 0.1) is 10.7 Å². The van der Waals surface area contributed by atoms with Crippen molar-refractivity contribution in [2.45, 2.75) is 26.2 Å². The van der Waals surface area contributed by atoms with Crippen molar-refractivity contribution in [2.24, 2.45) is 0 Å². The van der Waals surface area contributed by atoms with Crippen LogP contribution in [0.4, 0.5) is 5.69 Å². The molecule has 0 bridgehead atoms. The van der Waals surface area contributed by atoms with Gasteiger partial charge in [-0.3, -0.25) is 0 Å². The summed E-state index contributed by atoms with van der Waals surface area (Å²) in [7, 11) is 0. The molecule has 1 aromatic carbocycles. The Morgan fingerprint density at radius 2 is 2.00 bits per heavy atom. The molecule has 0 aliphatic heterocycles. The maximum Gasteiger partial charge on any atom is 0.347 e. The molecule has 0 saturated carbocycles. The fourth-order valence-electron chi connectivity index (χ4n) is 1.81. The van der Waals surface area contributed by atoms with Crippen LogP contribution in [0, 0.1) is 0 Å². The molecule has 2 rings (SSSR count). The Labute approximate surface area is 115 Å². The number of carboxylic acids is 1. The molecular weight excluding hydrogens is 260 g/mol. The van der Waals surface area contributed by atoms with Crippen molar-refractivity contribution >= 4 is 23.0 Å². The average molecular weight is 276 g/mol. The number of nitrogens with two attached hydrogens (primary N) is 1. The molecule has 1 heterocycles. The first kappa shape index (κ1) is 13.5. The highest BCUT2D eigenvalue weighted by Crippen LogP contribution is 2.26. The van der Waals surface area contributed by atoms with E-state index in [-0.39, 0.29) is 5.92 Å². The molecule has 19 heavy (non-hydrogen) atoms. The monoisotopic (exact) mass is 276 g/mol. The number of anilines is 1. The van der Waals surface area contributed by atoms with Crippen LogP contribution in [-0.4, -0.2) is 16.1 Å². The third-order valence-corrected chi connectivity index (χ3v) is 3.83. The smallest absolute Gasteiger partial charge is 0.347 e. The van der Waals surface area contributed by atoms with E-state index in [9.17, 15) is 9.90 Å². The van der Waals surface area contributed by atoms with Crippen molar-refractivity contribution in [3.63, 3.8) is 0 Å². The predicted octanol–water partition coefficient (Wildman–Crippen LogP) is 3.14. The Morgan fingerprint density at radius 1 is 1.37 bits per heavy atom. The number of benzene rings is 1. The Balaban J connectivity index is 2.28. The number of carboxylic acid groups (broad SMARTS) is 1. The van der Waals surface area contributed by atoms with E-state index in [1.807, 2.05) is 38.1 Å². The summed E-state index contributed by atoms with van der Waals surface area (Å²) in [4.78, 5) is 16.0.